The number of likely N-dealkylation sites (N-methyl/N-ethyl adjacent to an activating group) is 1. The molecule has 0 aliphatic carbocycles. The van der Waals surface area contributed by atoms with Crippen LogP contribution in [0.1, 0.15) is 19.5 Å². The third kappa shape index (κ3) is 7.09. The molecule has 4 rings (SSSR count). The van der Waals surface area contributed by atoms with Gasteiger partial charge in [-0.2, -0.15) is 0 Å². The van der Waals surface area contributed by atoms with Crippen LogP contribution in [-0.4, -0.2) is 51.6 Å². The molecular formula is C23H32Cl3N5O2. The number of hydrogen-bond acceptors (Lipinski definition) is 5. The standard InChI is InChI=1S/C23H27N5O.3ClH.H2O/c1-4-28(5-2)12-13-29-18-8-6-17(7-9-18)27-21-14-16(3)26-19-10-11-20-23(22(19)21)25-15-24-20;;;;/h6-11,14-15,26-27H,4-5,12-13H2,1-3H3;3*1H;1H2. The Morgan fingerprint density at radius 1 is 0.970 bits per heavy atom. The molecule has 2 aromatic heterocycles. The van der Waals surface area contributed by atoms with Gasteiger partial charge in [0.05, 0.1) is 11.2 Å². The number of anilines is 2. The number of imidazole rings is 1. The molecule has 2 heterocycles. The van der Waals surface area contributed by atoms with E-state index in [0.717, 1.165) is 64.4 Å². The largest absolute Gasteiger partial charge is 0.492 e. The molecule has 0 fully saturated rings. The summed E-state index contributed by atoms with van der Waals surface area (Å²) in [6, 6.07) is 14.2. The van der Waals surface area contributed by atoms with Crippen LogP contribution in [0.5, 0.6) is 5.75 Å². The lowest BCUT2D eigenvalue weighted by Crippen LogP contribution is -2.27. The quantitative estimate of drug-likeness (QED) is 0.330. The third-order valence-corrected chi connectivity index (χ3v) is 5.21. The SMILES string of the molecule is CCN(CC)CCOc1ccc(Nc2cc(C)[nH]c3ccc4ncnc4c23)cc1.Cl.Cl.Cl.O. The summed E-state index contributed by atoms with van der Waals surface area (Å²) >= 11 is 0. The number of aryl methyl sites for hydroxylation is 1. The van der Waals surface area contributed by atoms with Crippen molar-refractivity contribution in [2.75, 3.05) is 31.6 Å². The number of aromatic nitrogens is 3. The highest BCUT2D eigenvalue weighted by Gasteiger charge is 2.10. The van der Waals surface area contributed by atoms with E-state index in [1.54, 1.807) is 6.33 Å². The zero-order valence-electron chi connectivity index (χ0n) is 18.9. The Hall–Kier alpha value is -2.29. The van der Waals surface area contributed by atoms with E-state index in [1.165, 1.54) is 0 Å². The predicted octanol–water partition coefficient (Wildman–Crippen LogP) is 5.32. The monoisotopic (exact) mass is 515 g/mol. The Labute approximate surface area is 212 Å². The lowest BCUT2D eigenvalue weighted by molar-refractivity contribution is 0.223. The number of nitrogens with zero attached hydrogens (tertiary/aromatic N) is 3. The molecule has 0 spiro atoms. The van der Waals surface area contributed by atoms with Gasteiger partial charge in [0.15, 0.2) is 0 Å². The molecule has 0 amide bonds. The number of pyridine rings is 1. The highest BCUT2D eigenvalue weighted by molar-refractivity contribution is 6.10. The number of halogens is 3. The van der Waals surface area contributed by atoms with Crippen LogP contribution in [0.3, 0.4) is 0 Å². The number of ether oxygens (including phenoxy) is 1. The van der Waals surface area contributed by atoms with Crippen LogP contribution in [-0.2, 0) is 0 Å². The Morgan fingerprint density at radius 2 is 1.67 bits per heavy atom. The van der Waals surface area contributed by atoms with Gasteiger partial charge in [0.1, 0.15) is 24.2 Å². The van der Waals surface area contributed by atoms with Gasteiger partial charge in [0, 0.05) is 28.8 Å². The van der Waals surface area contributed by atoms with Crippen molar-refractivity contribution < 1.29 is 10.2 Å². The van der Waals surface area contributed by atoms with Crippen LogP contribution < -0.4 is 10.1 Å². The number of hydrogen-bond donors (Lipinski definition) is 2. The fourth-order valence-electron chi connectivity index (χ4n) is 3.60. The number of rotatable bonds is 8. The summed E-state index contributed by atoms with van der Waals surface area (Å²) in [4.78, 5) is 14.6. The zero-order valence-corrected chi connectivity index (χ0v) is 21.4. The summed E-state index contributed by atoms with van der Waals surface area (Å²) in [7, 11) is 0. The van der Waals surface area contributed by atoms with Gasteiger partial charge in [0.2, 0.25) is 0 Å². The molecule has 33 heavy (non-hydrogen) atoms. The molecule has 7 nitrogen and oxygen atoms in total. The van der Waals surface area contributed by atoms with Crippen LogP contribution in [0.25, 0.3) is 21.9 Å². The van der Waals surface area contributed by atoms with Crippen molar-refractivity contribution in [3.05, 3.63) is 54.5 Å². The summed E-state index contributed by atoms with van der Waals surface area (Å²) < 4.78 is 5.89. The second-order valence-corrected chi connectivity index (χ2v) is 7.12. The topological polar surface area (TPSA) is 97.6 Å². The summed E-state index contributed by atoms with van der Waals surface area (Å²) in [5.74, 6) is 0.884. The van der Waals surface area contributed by atoms with Gasteiger partial charge in [-0.3, -0.25) is 0 Å². The summed E-state index contributed by atoms with van der Waals surface area (Å²) in [6.45, 7) is 10.1. The van der Waals surface area contributed by atoms with Crippen molar-refractivity contribution in [3.8, 4) is 5.75 Å². The molecule has 0 saturated carbocycles. The maximum atomic E-state index is 5.89. The number of aromatic amines is 1. The highest BCUT2D eigenvalue weighted by atomic mass is 35.5. The number of benzene rings is 2. The first-order valence-corrected chi connectivity index (χ1v) is 10.1. The molecule has 0 atom stereocenters. The van der Waals surface area contributed by atoms with Crippen molar-refractivity contribution in [2.24, 2.45) is 0 Å². The van der Waals surface area contributed by atoms with Crippen molar-refractivity contribution >= 4 is 70.5 Å². The Bertz CT molecular complexity index is 1120. The van der Waals surface area contributed by atoms with Crippen molar-refractivity contribution in [3.63, 3.8) is 0 Å². The summed E-state index contributed by atoms with van der Waals surface area (Å²) in [5, 5.41) is 4.58. The van der Waals surface area contributed by atoms with E-state index < -0.39 is 0 Å². The van der Waals surface area contributed by atoms with Crippen molar-refractivity contribution in [1.82, 2.24) is 19.9 Å². The molecule has 10 heteroatoms. The molecule has 182 valence electrons. The average molecular weight is 517 g/mol. The highest BCUT2D eigenvalue weighted by Crippen LogP contribution is 2.31. The number of fused-ring (bicyclic) bond motifs is 3. The lowest BCUT2D eigenvalue weighted by atomic mass is 10.1. The van der Waals surface area contributed by atoms with Gasteiger partial charge in [-0.15, -0.1) is 37.2 Å². The average Bonchev–Trinajstić information content (AvgIpc) is 3.21. The van der Waals surface area contributed by atoms with Gasteiger partial charge in [0.25, 0.3) is 0 Å². The Kier molecular flexibility index (Phi) is 13.1. The molecule has 4 aromatic rings. The maximum absolute atomic E-state index is 5.89. The van der Waals surface area contributed by atoms with E-state index in [9.17, 15) is 0 Å². The van der Waals surface area contributed by atoms with Crippen molar-refractivity contribution in [2.45, 2.75) is 20.8 Å². The fraction of sp³-hybridized carbons (Fsp3) is 0.304. The Balaban J connectivity index is 0.00000256. The molecular weight excluding hydrogens is 485 g/mol. The first-order valence-electron chi connectivity index (χ1n) is 10.1. The normalized spacial score (nSPS) is 10.1. The lowest BCUT2D eigenvalue weighted by Gasteiger charge is -2.18. The predicted molar refractivity (Wildman–Crippen MR) is 144 cm³/mol. The van der Waals surface area contributed by atoms with Crippen LogP contribution in [0.15, 0.2) is 48.8 Å². The minimum atomic E-state index is 0. The van der Waals surface area contributed by atoms with Crippen LogP contribution in [0.4, 0.5) is 11.4 Å². The molecule has 2 aromatic carbocycles. The zero-order chi connectivity index (χ0) is 20.2. The molecule has 0 saturated heterocycles. The van der Waals surface area contributed by atoms with Crippen LogP contribution >= 0.6 is 37.2 Å². The molecule has 4 N–H and O–H groups in total. The molecule has 0 bridgehead atoms. The minimum absolute atomic E-state index is 0. The van der Waals surface area contributed by atoms with Crippen LogP contribution in [0, 0.1) is 6.92 Å². The molecule has 0 aliphatic rings. The van der Waals surface area contributed by atoms with E-state index in [0.29, 0.717) is 6.61 Å². The van der Waals surface area contributed by atoms with E-state index in [2.05, 4.69) is 58.1 Å². The molecule has 0 aliphatic heterocycles. The summed E-state index contributed by atoms with van der Waals surface area (Å²) in [5.41, 5.74) is 5.93. The molecule has 0 radical (unpaired) electrons. The van der Waals surface area contributed by atoms with E-state index in [-0.39, 0.29) is 42.7 Å². The second-order valence-electron chi connectivity index (χ2n) is 7.12. The fourth-order valence-corrected chi connectivity index (χ4v) is 3.60. The maximum Gasteiger partial charge on any atom is 0.119 e. The van der Waals surface area contributed by atoms with Gasteiger partial charge in [-0.05, 0) is 62.5 Å². The van der Waals surface area contributed by atoms with Gasteiger partial charge in [-0.1, -0.05) is 13.8 Å². The van der Waals surface area contributed by atoms with E-state index in [4.69, 9.17) is 4.74 Å². The minimum Gasteiger partial charge on any atom is -0.492 e. The van der Waals surface area contributed by atoms with E-state index in [1.807, 2.05) is 30.3 Å². The van der Waals surface area contributed by atoms with Gasteiger partial charge >= 0.3 is 0 Å². The second kappa shape index (κ2) is 14.1. The smallest absolute Gasteiger partial charge is 0.119 e. The van der Waals surface area contributed by atoms with E-state index >= 15 is 0 Å². The number of nitrogens with one attached hydrogen (secondary N) is 2. The van der Waals surface area contributed by atoms with Gasteiger partial charge in [-0.25, -0.2) is 9.97 Å². The van der Waals surface area contributed by atoms with Crippen molar-refractivity contribution in [1.29, 1.82) is 0 Å². The first-order chi connectivity index (χ1) is 14.2. The third-order valence-electron chi connectivity index (χ3n) is 5.21. The first kappa shape index (κ1) is 30.7. The van der Waals surface area contributed by atoms with Crippen LogP contribution in [0.2, 0.25) is 0 Å². The Morgan fingerprint density at radius 3 is 2.33 bits per heavy atom. The molecule has 0 unspecified atom stereocenters. The van der Waals surface area contributed by atoms with Gasteiger partial charge < -0.3 is 25.4 Å². The summed E-state index contributed by atoms with van der Waals surface area (Å²) in [6.07, 6.45) is 1.61. The number of H-pyrrole nitrogens is 1.